The number of aliphatic hydroxyl groups is 1. The van der Waals surface area contributed by atoms with Crippen LogP contribution in [0.25, 0.3) is 11.3 Å². The van der Waals surface area contributed by atoms with Crippen LogP contribution in [0.3, 0.4) is 0 Å². The lowest BCUT2D eigenvalue weighted by atomic mass is 9.94. The number of halogens is 1. The predicted molar refractivity (Wildman–Crippen MR) is 83.7 cm³/mol. The van der Waals surface area contributed by atoms with E-state index in [-0.39, 0.29) is 0 Å². The molecule has 0 radical (unpaired) electrons. The Balaban J connectivity index is 2.08. The quantitative estimate of drug-likeness (QED) is 0.773. The molecule has 2 aromatic carbocycles. The van der Waals surface area contributed by atoms with Gasteiger partial charge >= 0.3 is 0 Å². The van der Waals surface area contributed by atoms with E-state index in [4.69, 9.17) is 16.4 Å². The summed E-state index contributed by atoms with van der Waals surface area (Å²) < 4.78 is 0. The highest BCUT2D eigenvalue weighted by Gasteiger charge is 2.41. The first-order chi connectivity index (χ1) is 10.1. The average Bonchev–Trinajstić information content (AvgIpc) is 2.69. The number of nitrogens with one attached hydrogen (secondary N) is 1. The Labute approximate surface area is 131 Å². The molecule has 0 saturated heterocycles. The topological polar surface area (TPSA) is 41.5 Å². The zero-order chi connectivity index (χ0) is 14.6. The summed E-state index contributed by atoms with van der Waals surface area (Å²) in [6.45, 7) is 1.64. The lowest BCUT2D eigenvalue weighted by Gasteiger charge is -2.19. The second-order valence-corrected chi connectivity index (χ2v) is 6.70. The smallest absolute Gasteiger partial charge is 0.217 e. The first-order valence-corrected chi connectivity index (χ1v) is 7.74. The van der Waals surface area contributed by atoms with Crippen molar-refractivity contribution in [3.05, 3.63) is 58.6 Å². The summed E-state index contributed by atoms with van der Waals surface area (Å²) in [7, 11) is 0. The van der Waals surface area contributed by atoms with Crippen molar-refractivity contribution in [1.82, 2.24) is 5.48 Å². The van der Waals surface area contributed by atoms with Gasteiger partial charge in [-0.1, -0.05) is 41.6 Å². The van der Waals surface area contributed by atoms with Crippen LogP contribution in [0.2, 0.25) is 5.02 Å². The lowest BCUT2D eigenvalue weighted by Crippen LogP contribution is -2.27. The van der Waals surface area contributed by atoms with E-state index in [0.717, 1.165) is 32.2 Å². The lowest BCUT2D eigenvalue weighted by molar-refractivity contribution is -0.160. The summed E-state index contributed by atoms with van der Waals surface area (Å²) >= 11 is 7.80. The van der Waals surface area contributed by atoms with Crippen LogP contribution in [-0.4, -0.2) is 10.9 Å². The normalized spacial score (nSPS) is 23.0. The van der Waals surface area contributed by atoms with Crippen LogP contribution < -0.4 is 5.48 Å². The van der Waals surface area contributed by atoms with Crippen LogP contribution in [0.15, 0.2) is 52.3 Å². The van der Waals surface area contributed by atoms with Gasteiger partial charge in [0.1, 0.15) is 0 Å². The molecule has 21 heavy (non-hydrogen) atoms. The van der Waals surface area contributed by atoms with Gasteiger partial charge in [0.25, 0.3) is 0 Å². The fraction of sp³-hybridized carbons (Fsp3) is 0.125. The van der Waals surface area contributed by atoms with Crippen molar-refractivity contribution in [1.29, 1.82) is 0 Å². The molecule has 0 bridgehead atoms. The number of hydrogen-bond donors (Lipinski definition) is 2. The minimum Gasteiger partial charge on any atom is -0.360 e. The van der Waals surface area contributed by atoms with Crippen LogP contribution in [0.4, 0.5) is 0 Å². The van der Waals surface area contributed by atoms with Gasteiger partial charge in [0.2, 0.25) is 5.79 Å². The Hall–Kier alpha value is -1.46. The Bertz CT molecular complexity index is 786. The van der Waals surface area contributed by atoms with Gasteiger partial charge in [-0.3, -0.25) is 5.48 Å². The number of benzene rings is 2. The number of hydroxylamine groups is 1. The van der Waals surface area contributed by atoms with Crippen molar-refractivity contribution in [3.63, 3.8) is 0 Å². The third kappa shape index (κ3) is 1.99. The Morgan fingerprint density at radius 3 is 2.76 bits per heavy atom. The van der Waals surface area contributed by atoms with E-state index in [1.54, 1.807) is 18.7 Å². The third-order valence-corrected chi connectivity index (χ3v) is 5.04. The molecule has 3 nitrogen and oxygen atoms in total. The minimum absolute atomic E-state index is 0.653. The molecule has 1 atom stereocenters. The van der Waals surface area contributed by atoms with Crippen LogP contribution in [-0.2, 0) is 4.84 Å². The highest BCUT2D eigenvalue weighted by atomic mass is 35.5. The molecule has 2 aliphatic rings. The van der Waals surface area contributed by atoms with E-state index in [9.17, 15) is 5.11 Å². The molecule has 0 aliphatic carbocycles. The summed E-state index contributed by atoms with van der Waals surface area (Å²) in [5.41, 5.74) is 6.30. The van der Waals surface area contributed by atoms with Gasteiger partial charge in [-0.2, -0.15) is 0 Å². The third-order valence-electron chi connectivity index (χ3n) is 3.65. The molecule has 2 heterocycles. The summed E-state index contributed by atoms with van der Waals surface area (Å²) in [4.78, 5) is 7.53. The van der Waals surface area contributed by atoms with Gasteiger partial charge in [-0.25, -0.2) is 4.84 Å². The van der Waals surface area contributed by atoms with Crippen LogP contribution >= 0.6 is 23.4 Å². The highest BCUT2D eigenvalue weighted by Crippen LogP contribution is 2.49. The van der Waals surface area contributed by atoms with Crippen LogP contribution in [0, 0.1) is 0 Å². The van der Waals surface area contributed by atoms with Crippen molar-refractivity contribution in [2.75, 3.05) is 0 Å². The molecule has 2 aromatic rings. The standard InChI is InChI=1S/C16H12ClNO2S/c1-16(19)14-10-4-2-3-5-12(10)21-13-7-6-9(17)8-11(13)15(14)18-20-16/h2-8,18-19H,1H3. The van der Waals surface area contributed by atoms with Crippen molar-refractivity contribution in [2.24, 2.45) is 0 Å². The Kier molecular flexibility index (Phi) is 2.84. The van der Waals surface area contributed by atoms with Gasteiger partial charge < -0.3 is 5.11 Å². The maximum Gasteiger partial charge on any atom is 0.217 e. The van der Waals surface area contributed by atoms with E-state index in [0.29, 0.717) is 5.02 Å². The van der Waals surface area contributed by atoms with Crippen molar-refractivity contribution in [2.45, 2.75) is 22.5 Å². The van der Waals surface area contributed by atoms with Gasteiger partial charge in [0.15, 0.2) is 0 Å². The molecule has 5 heteroatoms. The summed E-state index contributed by atoms with van der Waals surface area (Å²) in [6, 6.07) is 13.7. The molecule has 1 unspecified atom stereocenters. The monoisotopic (exact) mass is 317 g/mol. The molecule has 0 spiro atoms. The second kappa shape index (κ2) is 4.52. The molecule has 2 N–H and O–H groups in total. The molecule has 2 aliphatic heterocycles. The van der Waals surface area contributed by atoms with Gasteiger partial charge in [-0.05, 0) is 36.8 Å². The predicted octanol–water partition coefficient (Wildman–Crippen LogP) is 3.92. The summed E-state index contributed by atoms with van der Waals surface area (Å²) in [5, 5.41) is 11.2. The molecule has 4 rings (SSSR count). The van der Waals surface area contributed by atoms with Gasteiger partial charge in [0, 0.05) is 26.0 Å². The number of fused-ring (bicyclic) bond motifs is 4. The van der Waals surface area contributed by atoms with Crippen molar-refractivity contribution >= 4 is 34.6 Å². The highest BCUT2D eigenvalue weighted by molar-refractivity contribution is 7.99. The van der Waals surface area contributed by atoms with E-state index >= 15 is 0 Å². The minimum atomic E-state index is -1.38. The summed E-state index contributed by atoms with van der Waals surface area (Å²) in [6.07, 6.45) is 0. The van der Waals surface area contributed by atoms with E-state index in [1.807, 2.05) is 42.5 Å². The average molecular weight is 318 g/mol. The van der Waals surface area contributed by atoms with Gasteiger partial charge in [0.05, 0.1) is 5.70 Å². The fourth-order valence-corrected chi connectivity index (χ4v) is 3.97. The second-order valence-electron chi connectivity index (χ2n) is 5.18. The van der Waals surface area contributed by atoms with E-state index in [1.165, 1.54) is 0 Å². The van der Waals surface area contributed by atoms with E-state index < -0.39 is 5.79 Å². The Morgan fingerprint density at radius 2 is 1.90 bits per heavy atom. The Morgan fingerprint density at radius 1 is 1.14 bits per heavy atom. The molecule has 0 saturated carbocycles. The van der Waals surface area contributed by atoms with Crippen LogP contribution in [0.1, 0.15) is 18.1 Å². The molecule has 106 valence electrons. The molecular formula is C16H12ClNO2S. The zero-order valence-electron chi connectivity index (χ0n) is 11.2. The van der Waals surface area contributed by atoms with Crippen molar-refractivity contribution < 1.29 is 9.94 Å². The molecule has 0 aromatic heterocycles. The first kappa shape index (κ1) is 13.2. The zero-order valence-corrected chi connectivity index (χ0v) is 12.8. The SMILES string of the molecule is CC1(O)ONC2=C1c1ccccc1Sc1ccc(Cl)cc12. The fourth-order valence-electron chi connectivity index (χ4n) is 2.73. The summed E-state index contributed by atoms with van der Waals surface area (Å²) in [5.74, 6) is -1.38. The molecule has 0 fully saturated rings. The maximum absolute atomic E-state index is 10.6. The number of rotatable bonds is 0. The largest absolute Gasteiger partial charge is 0.360 e. The number of hydrogen-bond acceptors (Lipinski definition) is 4. The maximum atomic E-state index is 10.6. The van der Waals surface area contributed by atoms with Crippen LogP contribution in [0.5, 0.6) is 0 Å². The van der Waals surface area contributed by atoms with Crippen molar-refractivity contribution in [3.8, 4) is 0 Å². The van der Waals surface area contributed by atoms with E-state index in [2.05, 4.69) is 5.48 Å². The first-order valence-electron chi connectivity index (χ1n) is 6.54. The molecule has 0 amide bonds. The molecular weight excluding hydrogens is 306 g/mol. The van der Waals surface area contributed by atoms with Gasteiger partial charge in [-0.15, -0.1) is 0 Å².